The van der Waals surface area contributed by atoms with E-state index in [1.54, 1.807) is 0 Å². The number of rotatable bonds is 8. The number of nitrogens with zero attached hydrogens (tertiary/aromatic N) is 1. The van der Waals surface area contributed by atoms with Crippen molar-refractivity contribution in [1.82, 2.24) is 4.40 Å². The highest BCUT2D eigenvalue weighted by Crippen LogP contribution is 2.58. The SMILES string of the molecule is C=c1cc2c3cc(Oc4ccc(C(C)(C)C)cc4C(C)(C)C)c4c5c(Oc6ccc(C(C)(C)C)cc6C(C)(C)C)ccc6ccc(Oc7ccc(C(C)(C)C)cc7C(C)(C)C)c(c7c(Oc8ccc(C(C)(C)C)cc8C(C)(C)C)cc(c(=O)n2c2ccc(C)cc12)c3c74)c65. The van der Waals surface area contributed by atoms with E-state index in [2.05, 4.69) is 300 Å². The molecule has 6 heteroatoms. The van der Waals surface area contributed by atoms with Crippen LogP contribution < -0.4 is 29.7 Å². The monoisotopic (exact) mass is 1250 g/mol. The number of hydrogen-bond donors (Lipinski definition) is 0. The predicted octanol–water partition coefficient (Wildman–Crippen LogP) is 24.6. The average Bonchev–Trinajstić information content (AvgIpc) is 0.677. The second-order valence-electron chi connectivity index (χ2n) is 35.3. The third-order valence-corrected chi connectivity index (χ3v) is 19.4. The summed E-state index contributed by atoms with van der Waals surface area (Å²) in [6, 6.07) is 47.9. The van der Waals surface area contributed by atoms with Gasteiger partial charge in [-0.3, -0.25) is 9.20 Å². The lowest BCUT2D eigenvalue weighted by atomic mass is 9.80. The first kappa shape index (κ1) is 65.7. The number of benzene rings is 10. The Bertz CT molecular complexity index is 5060. The predicted molar refractivity (Wildman–Crippen MR) is 401 cm³/mol. The van der Waals surface area contributed by atoms with Crippen LogP contribution in [0.1, 0.15) is 216 Å². The minimum atomic E-state index is -0.355. The fourth-order valence-corrected chi connectivity index (χ4v) is 13.9. The van der Waals surface area contributed by atoms with Gasteiger partial charge in [0.1, 0.15) is 46.0 Å². The Morgan fingerprint density at radius 2 is 0.617 bits per heavy atom. The number of aryl methyl sites for hydroxylation is 1. The molecule has 94 heavy (non-hydrogen) atoms. The van der Waals surface area contributed by atoms with E-state index < -0.39 is 0 Å². The molecule has 0 N–H and O–H groups in total. The fraction of sp³-hybridized carbons (Fsp3) is 0.375. The van der Waals surface area contributed by atoms with Gasteiger partial charge in [0.2, 0.25) is 0 Å². The van der Waals surface area contributed by atoms with Crippen LogP contribution in [0, 0.1) is 6.92 Å². The average molecular weight is 1250 g/mol. The van der Waals surface area contributed by atoms with Crippen molar-refractivity contribution in [2.24, 2.45) is 0 Å². The van der Waals surface area contributed by atoms with Gasteiger partial charge in [0, 0.05) is 70.7 Å². The summed E-state index contributed by atoms with van der Waals surface area (Å²) in [6.45, 7) is 61.0. The van der Waals surface area contributed by atoms with Crippen molar-refractivity contribution in [3.63, 3.8) is 0 Å². The Morgan fingerprint density at radius 3 is 0.968 bits per heavy atom. The number of pyridine rings is 2. The van der Waals surface area contributed by atoms with Crippen molar-refractivity contribution >= 4 is 76.9 Å². The highest BCUT2D eigenvalue weighted by atomic mass is 16.5. The van der Waals surface area contributed by atoms with Gasteiger partial charge in [-0.15, -0.1) is 0 Å². The Labute approximate surface area is 558 Å². The Kier molecular flexibility index (Phi) is 15.3. The normalized spacial score (nSPS) is 13.5. The molecule has 0 unspecified atom stereocenters. The highest BCUT2D eigenvalue weighted by molar-refractivity contribution is 6.42. The molecule has 0 saturated heterocycles. The van der Waals surface area contributed by atoms with Gasteiger partial charge in [-0.2, -0.15) is 0 Å². The van der Waals surface area contributed by atoms with Crippen molar-refractivity contribution in [3.8, 4) is 46.0 Å². The molecule has 0 bridgehead atoms. The van der Waals surface area contributed by atoms with E-state index >= 15 is 4.79 Å². The van der Waals surface area contributed by atoms with Crippen LogP contribution in [0.5, 0.6) is 46.0 Å². The quantitative estimate of drug-likeness (QED) is 0.112. The topological polar surface area (TPSA) is 58.4 Å². The Hall–Kier alpha value is -8.35. The zero-order chi connectivity index (χ0) is 68.4. The molecule has 0 spiro atoms. The maximum absolute atomic E-state index is 16.6. The third-order valence-electron chi connectivity index (χ3n) is 19.4. The van der Waals surface area contributed by atoms with Gasteiger partial charge in [0.25, 0.3) is 5.56 Å². The van der Waals surface area contributed by atoms with Gasteiger partial charge in [0.15, 0.2) is 0 Å². The molecule has 0 saturated carbocycles. The van der Waals surface area contributed by atoms with Crippen LogP contribution in [0.4, 0.5) is 0 Å². The van der Waals surface area contributed by atoms with Crippen LogP contribution >= 0.6 is 0 Å². The molecule has 6 nitrogen and oxygen atoms in total. The first-order chi connectivity index (χ1) is 43.4. The van der Waals surface area contributed by atoms with Crippen molar-refractivity contribution in [2.75, 3.05) is 0 Å². The zero-order valence-electron chi connectivity index (χ0n) is 60.9. The van der Waals surface area contributed by atoms with Crippen LogP contribution in [0.25, 0.3) is 76.9 Å². The van der Waals surface area contributed by atoms with E-state index in [4.69, 9.17) is 25.5 Å². The molecule has 2 aromatic heterocycles. The molecular weight excluding hydrogens is 1150 g/mol. The van der Waals surface area contributed by atoms with Crippen LogP contribution in [-0.2, 0) is 43.3 Å². The second kappa shape index (κ2) is 21.8. The molecule has 486 valence electrons. The summed E-state index contributed by atoms with van der Waals surface area (Å²) >= 11 is 0. The van der Waals surface area contributed by atoms with E-state index in [1.807, 2.05) is 10.5 Å². The third kappa shape index (κ3) is 11.5. The molecule has 12 rings (SSSR count). The summed E-state index contributed by atoms with van der Waals surface area (Å²) in [5, 5.41) is 9.69. The molecule has 0 radical (unpaired) electrons. The maximum atomic E-state index is 16.6. The highest BCUT2D eigenvalue weighted by Gasteiger charge is 2.34. The number of aromatic nitrogens is 1. The van der Waals surface area contributed by atoms with Crippen LogP contribution in [0.2, 0.25) is 0 Å². The lowest BCUT2D eigenvalue weighted by Crippen LogP contribution is -2.19. The number of ether oxygens (including phenoxy) is 4. The van der Waals surface area contributed by atoms with E-state index in [-0.39, 0.29) is 48.9 Å². The van der Waals surface area contributed by atoms with Gasteiger partial charge >= 0.3 is 0 Å². The molecule has 12 aromatic rings. The molecule has 0 aliphatic rings. The first-order valence-corrected chi connectivity index (χ1v) is 33.9. The Balaban J connectivity index is 1.36. The molecule has 0 fully saturated rings. The van der Waals surface area contributed by atoms with Crippen molar-refractivity contribution in [1.29, 1.82) is 0 Å². The molecule has 10 aromatic carbocycles. The van der Waals surface area contributed by atoms with Crippen molar-refractivity contribution < 1.29 is 18.9 Å². The van der Waals surface area contributed by atoms with Gasteiger partial charge in [-0.1, -0.05) is 245 Å². The number of fused-ring (bicyclic) bond motifs is 6. The standard InChI is InChI=1S/C88H99NO5/c1-49-27-34-63-56(41-49)50(2)42-64-57-47-71(93-67-39-32-54(83(9,10)11)45-61(67)87(21,22)23)77-75-69(91-65-37-30-52(81(3,4)5)43-59(65)85(15,16)17)35-28-51-29-36-70(92-66-38-31-53(82(6,7)8)44-60(66)86(18,19)20)76(73(51)75)78-72(48-58(74(57)79(77)78)80(90)89(63)64)94-68-40-33-55(84(12,13)14)46-62(68)88(24,25)26/h27-48H,2H2,1,3-26H3. The first-order valence-electron chi connectivity index (χ1n) is 33.9. The molecule has 0 aliphatic carbocycles. The van der Waals surface area contributed by atoms with Crippen molar-refractivity contribution in [3.05, 3.63) is 199 Å². The lowest BCUT2D eigenvalue weighted by Gasteiger charge is -2.30. The summed E-state index contributed by atoms with van der Waals surface area (Å²) < 4.78 is 33.1. The largest absolute Gasteiger partial charge is 0.456 e. The molecule has 0 aliphatic heterocycles. The zero-order valence-corrected chi connectivity index (χ0v) is 60.9. The van der Waals surface area contributed by atoms with Gasteiger partial charge in [0.05, 0.1) is 16.4 Å². The van der Waals surface area contributed by atoms with Gasteiger partial charge in [-0.05, 0) is 150 Å². The molecule has 0 amide bonds. The van der Waals surface area contributed by atoms with Gasteiger partial charge in [-0.25, -0.2) is 0 Å². The molecular formula is C88H99NO5. The fourth-order valence-electron chi connectivity index (χ4n) is 13.9. The van der Waals surface area contributed by atoms with E-state index in [0.717, 1.165) is 110 Å². The van der Waals surface area contributed by atoms with E-state index in [1.165, 1.54) is 22.3 Å². The Morgan fingerprint density at radius 1 is 0.287 bits per heavy atom. The molecule has 2 heterocycles. The van der Waals surface area contributed by atoms with Gasteiger partial charge < -0.3 is 18.9 Å². The van der Waals surface area contributed by atoms with Crippen LogP contribution in [0.3, 0.4) is 0 Å². The summed E-state index contributed by atoms with van der Waals surface area (Å²) in [7, 11) is 0. The summed E-state index contributed by atoms with van der Waals surface area (Å²) in [5.74, 6) is 5.32. The maximum Gasteiger partial charge on any atom is 0.263 e. The van der Waals surface area contributed by atoms with Crippen LogP contribution in [-0.4, -0.2) is 4.40 Å². The minimum absolute atomic E-state index is 0.113. The smallest absolute Gasteiger partial charge is 0.263 e. The molecule has 0 atom stereocenters. The minimum Gasteiger partial charge on any atom is -0.456 e. The number of hydrogen-bond acceptors (Lipinski definition) is 5. The summed E-state index contributed by atoms with van der Waals surface area (Å²) in [5.41, 5.74) is 9.73. The van der Waals surface area contributed by atoms with E-state index in [9.17, 15) is 0 Å². The summed E-state index contributed by atoms with van der Waals surface area (Å²) in [6.07, 6.45) is 0. The van der Waals surface area contributed by atoms with Crippen LogP contribution in [0.15, 0.2) is 138 Å². The lowest BCUT2D eigenvalue weighted by molar-refractivity contribution is 0.453. The second-order valence-corrected chi connectivity index (χ2v) is 35.3. The van der Waals surface area contributed by atoms with Crippen molar-refractivity contribution in [2.45, 2.75) is 216 Å². The summed E-state index contributed by atoms with van der Waals surface area (Å²) in [4.78, 5) is 16.6. The van der Waals surface area contributed by atoms with E-state index in [0.29, 0.717) is 39.7 Å².